The summed E-state index contributed by atoms with van der Waals surface area (Å²) in [6, 6.07) is 10.8. The van der Waals surface area contributed by atoms with Crippen LogP contribution in [0.1, 0.15) is 38.2 Å². The standard InChI is InChI=1S/C16H26N4/c1-2-20-16(14-6-4-3-5-7-14)10-8-13(9-11-16)12-19-15(17)18/h3-7,13,20H,2,8-12H2,1H3,(H4,17,18,19). The minimum absolute atomic E-state index is 0.129. The second-order valence-electron chi connectivity index (χ2n) is 5.69. The number of nitrogens with zero attached hydrogens (tertiary/aromatic N) is 1. The summed E-state index contributed by atoms with van der Waals surface area (Å²) in [6.07, 6.45) is 4.63. The van der Waals surface area contributed by atoms with Gasteiger partial charge in [-0.15, -0.1) is 0 Å². The molecule has 2 rings (SSSR count). The van der Waals surface area contributed by atoms with Crippen molar-refractivity contribution < 1.29 is 0 Å². The highest BCUT2D eigenvalue weighted by molar-refractivity contribution is 5.75. The molecule has 4 nitrogen and oxygen atoms in total. The molecule has 0 aliphatic heterocycles. The summed E-state index contributed by atoms with van der Waals surface area (Å²) in [7, 11) is 0. The highest BCUT2D eigenvalue weighted by Crippen LogP contribution is 2.39. The van der Waals surface area contributed by atoms with Crippen LogP contribution in [0.3, 0.4) is 0 Å². The fourth-order valence-electron chi connectivity index (χ4n) is 3.25. The summed E-state index contributed by atoms with van der Waals surface area (Å²) >= 11 is 0. The van der Waals surface area contributed by atoms with Gasteiger partial charge in [0, 0.05) is 12.1 Å². The van der Waals surface area contributed by atoms with Crippen molar-refractivity contribution >= 4 is 5.96 Å². The molecule has 0 amide bonds. The molecule has 0 unspecified atom stereocenters. The van der Waals surface area contributed by atoms with Gasteiger partial charge >= 0.3 is 0 Å². The van der Waals surface area contributed by atoms with Crippen molar-refractivity contribution in [3.05, 3.63) is 35.9 Å². The fraction of sp³-hybridized carbons (Fsp3) is 0.562. The highest BCUT2D eigenvalue weighted by atomic mass is 15.0. The lowest BCUT2D eigenvalue weighted by atomic mass is 9.72. The lowest BCUT2D eigenvalue weighted by Gasteiger charge is -2.41. The predicted molar refractivity (Wildman–Crippen MR) is 84.4 cm³/mol. The number of hydrogen-bond acceptors (Lipinski definition) is 2. The fourth-order valence-corrected chi connectivity index (χ4v) is 3.25. The van der Waals surface area contributed by atoms with Gasteiger partial charge in [0.25, 0.3) is 0 Å². The van der Waals surface area contributed by atoms with Crippen LogP contribution in [0.15, 0.2) is 35.3 Å². The topological polar surface area (TPSA) is 76.4 Å². The Hall–Kier alpha value is -1.55. The maximum absolute atomic E-state index is 5.42. The third-order valence-corrected chi connectivity index (χ3v) is 4.33. The first kappa shape index (κ1) is 14.9. The van der Waals surface area contributed by atoms with Crippen LogP contribution in [0.2, 0.25) is 0 Å². The van der Waals surface area contributed by atoms with E-state index in [-0.39, 0.29) is 11.5 Å². The van der Waals surface area contributed by atoms with Gasteiger partial charge in [-0.2, -0.15) is 0 Å². The third-order valence-electron chi connectivity index (χ3n) is 4.33. The molecule has 0 saturated heterocycles. The average molecular weight is 274 g/mol. The molecule has 1 aliphatic rings. The van der Waals surface area contributed by atoms with Crippen LogP contribution in [0.5, 0.6) is 0 Å². The van der Waals surface area contributed by atoms with Crippen LogP contribution in [-0.4, -0.2) is 19.0 Å². The zero-order valence-electron chi connectivity index (χ0n) is 12.3. The number of aliphatic imine (C=N–C) groups is 1. The van der Waals surface area contributed by atoms with E-state index in [4.69, 9.17) is 11.5 Å². The second-order valence-corrected chi connectivity index (χ2v) is 5.69. The Morgan fingerprint density at radius 2 is 1.90 bits per heavy atom. The molecule has 0 aromatic heterocycles. The summed E-state index contributed by atoms with van der Waals surface area (Å²) in [5.41, 5.74) is 12.4. The van der Waals surface area contributed by atoms with Crippen molar-refractivity contribution in [2.45, 2.75) is 38.1 Å². The largest absolute Gasteiger partial charge is 0.370 e. The van der Waals surface area contributed by atoms with Crippen LogP contribution in [0.25, 0.3) is 0 Å². The monoisotopic (exact) mass is 274 g/mol. The Kier molecular flexibility index (Phi) is 5.01. The van der Waals surface area contributed by atoms with Gasteiger partial charge in [0.2, 0.25) is 0 Å². The Labute approximate surface area is 121 Å². The Morgan fingerprint density at radius 3 is 2.45 bits per heavy atom. The number of nitrogens with two attached hydrogens (primary N) is 2. The van der Waals surface area contributed by atoms with E-state index in [1.807, 2.05) is 0 Å². The van der Waals surface area contributed by atoms with Crippen LogP contribution in [-0.2, 0) is 5.54 Å². The first-order valence-electron chi connectivity index (χ1n) is 7.52. The van der Waals surface area contributed by atoms with Gasteiger partial charge in [0.15, 0.2) is 5.96 Å². The van der Waals surface area contributed by atoms with Crippen LogP contribution < -0.4 is 16.8 Å². The van der Waals surface area contributed by atoms with Crippen LogP contribution in [0, 0.1) is 5.92 Å². The van der Waals surface area contributed by atoms with Crippen molar-refractivity contribution in [2.24, 2.45) is 22.4 Å². The molecule has 0 heterocycles. The first-order valence-corrected chi connectivity index (χ1v) is 7.52. The molecule has 0 bridgehead atoms. The average Bonchev–Trinajstić information content (AvgIpc) is 2.48. The minimum atomic E-state index is 0.129. The van der Waals surface area contributed by atoms with E-state index in [0.29, 0.717) is 5.92 Å². The van der Waals surface area contributed by atoms with Crippen LogP contribution >= 0.6 is 0 Å². The SMILES string of the molecule is CCNC1(c2ccccc2)CCC(CN=C(N)N)CC1. The normalized spacial score (nSPS) is 26.1. The zero-order valence-corrected chi connectivity index (χ0v) is 12.3. The van der Waals surface area contributed by atoms with Gasteiger partial charge in [-0.25, -0.2) is 0 Å². The second kappa shape index (κ2) is 6.75. The highest BCUT2D eigenvalue weighted by Gasteiger charge is 2.35. The number of benzene rings is 1. The molecule has 1 fully saturated rings. The van der Waals surface area contributed by atoms with Crippen LogP contribution in [0.4, 0.5) is 0 Å². The molecule has 0 spiro atoms. The lowest BCUT2D eigenvalue weighted by Crippen LogP contribution is -2.45. The van der Waals surface area contributed by atoms with Gasteiger partial charge in [0.05, 0.1) is 0 Å². The third kappa shape index (κ3) is 3.51. The van der Waals surface area contributed by atoms with E-state index in [2.05, 4.69) is 47.6 Å². The van der Waals surface area contributed by atoms with E-state index < -0.39 is 0 Å². The van der Waals surface area contributed by atoms with E-state index in [1.54, 1.807) is 0 Å². The summed E-state index contributed by atoms with van der Waals surface area (Å²) in [5, 5.41) is 3.71. The molecule has 5 N–H and O–H groups in total. The zero-order chi connectivity index (χ0) is 14.4. The molecule has 110 valence electrons. The summed E-state index contributed by atoms with van der Waals surface area (Å²) in [4.78, 5) is 4.17. The molecule has 1 aromatic carbocycles. The molecule has 4 heteroatoms. The van der Waals surface area contributed by atoms with Gasteiger partial charge in [-0.1, -0.05) is 37.3 Å². The Bertz CT molecular complexity index is 429. The summed E-state index contributed by atoms with van der Waals surface area (Å²) < 4.78 is 0. The lowest BCUT2D eigenvalue weighted by molar-refractivity contribution is 0.194. The van der Waals surface area contributed by atoms with Gasteiger partial charge in [-0.3, -0.25) is 4.99 Å². The molecule has 1 aromatic rings. The van der Waals surface area contributed by atoms with Gasteiger partial charge in [0.1, 0.15) is 0 Å². The van der Waals surface area contributed by atoms with Crippen molar-refractivity contribution in [1.29, 1.82) is 0 Å². The number of nitrogens with one attached hydrogen (secondary N) is 1. The molecular formula is C16H26N4. The number of rotatable bonds is 5. The smallest absolute Gasteiger partial charge is 0.185 e. The summed E-state index contributed by atoms with van der Waals surface area (Å²) in [5.74, 6) is 0.809. The predicted octanol–water partition coefficient (Wildman–Crippen LogP) is 1.95. The first-order chi connectivity index (χ1) is 9.66. The Balaban J connectivity index is 2.05. The quantitative estimate of drug-likeness (QED) is 0.567. The number of hydrogen-bond donors (Lipinski definition) is 3. The van der Waals surface area contributed by atoms with Crippen molar-refractivity contribution in [3.8, 4) is 0 Å². The Morgan fingerprint density at radius 1 is 1.25 bits per heavy atom. The molecule has 1 saturated carbocycles. The van der Waals surface area contributed by atoms with E-state index >= 15 is 0 Å². The molecule has 0 radical (unpaired) electrons. The summed E-state index contributed by atoms with van der Waals surface area (Å²) in [6.45, 7) is 3.93. The van der Waals surface area contributed by atoms with Crippen molar-refractivity contribution in [3.63, 3.8) is 0 Å². The van der Waals surface area contributed by atoms with Crippen molar-refractivity contribution in [2.75, 3.05) is 13.1 Å². The van der Waals surface area contributed by atoms with Gasteiger partial charge in [-0.05, 0) is 43.7 Å². The maximum Gasteiger partial charge on any atom is 0.185 e. The van der Waals surface area contributed by atoms with E-state index in [0.717, 1.165) is 25.9 Å². The number of guanidine groups is 1. The molecule has 1 aliphatic carbocycles. The van der Waals surface area contributed by atoms with E-state index in [9.17, 15) is 0 Å². The minimum Gasteiger partial charge on any atom is -0.370 e. The van der Waals surface area contributed by atoms with Gasteiger partial charge < -0.3 is 16.8 Å². The molecule has 0 atom stereocenters. The molecular weight excluding hydrogens is 248 g/mol. The van der Waals surface area contributed by atoms with E-state index in [1.165, 1.54) is 18.4 Å². The van der Waals surface area contributed by atoms with Crippen molar-refractivity contribution in [1.82, 2.24) is 5.32 Å². The molecule has 20 heavy (non-hydrogen) atoms. The maximum atomic E-state index is 5.42.